The fourth-order valence-electron chi connectivity index (χ4n) is 1.17. The van der Waals surface area contributed by atoms with Crippen molar-refractivity contribution in [1.29, 1.82) is 0 Å². The van der Waals surface area contributed by atoms with Crippen LogP contribution in [0.3, 0.4) is 0 Å². The van der Waals surface area contributed by atoms with E-state index in [-0.39, 0.29) is 18.3 Å². The van der Waals surface area contributed by atoms with Gasteiger partial charge in [-0.2, -0.15) is 0 Å². The third-order valence-electron chi connectivity index (χ3n) is 2.04. The second-order valence-electron chi connectivity index (χ2n) is 3.30. The Kier molecular flexibility index (Phi) is 4.24. The summed E-state index contributed by atoms with van der Waals surface area (Å²) in [7, 11) is 0. The number of carbonyl (C=O) groups is 1. The van der Waals surface area contributed by atoms with Gasteiger partial charge < -0.3 is 10.4 Å². The molecule has 0 aromatic heterocycles. The summed E-state index contributed by atoms with van der Waals surface area (Å²) in [5.41, 5.74) is 0.886. The second-order valence-corrected chi connectivity index (χ2v) is 3.30. The van der Waals surface area contributed by atoms with Crippen molar-refractivity contribution in [3.63, 3.8) is 0 Å². The predicted molar refractivity (Wildman–Crippen MR) is 55.2 cm³/mol. The van der Waals surface area contributed by atoms with Crippen LogP contribution >= 0.6 is 0 Å². The molecule has 0 saturated heterocycles. The quantitative estimate of drug-likeness (QED) is 0.736. The Hall–Kier alpha value is -1.42. The molecule has 15 heavy (non-hydrogen) atoms. The molecule has 0 aliphatic rings. The van der Waals surface area contributed by atoms with Crippen molar-refractivity contribution in [3.8, 4) is 0 Å². The third kappa shape index (κ3) is 3.32. The first kappa shape index (κ1) is 11.7. The van der Waals surface area contributed by atoms with Crippen LogP contribution in [0.1, 0.15) is 22.3 Å². The van der Waals surface area contributed by atoms with E-state index < -0.39 is 0 Å². The van der Waals surface area contributed by atoms with Crippen molar-refractivity contribution in [2.45, 2.75) is 13.3 Å². The molecule has 0 aliphatic carbocycles. The highest BCUT2D eigenvalue weighted by Crippen LogP contribution is 2.08. The van der Waals surface area contributed by atoms with Crippen molar-refractivity contribution in [1.82, 2.24) is 5.32 Å². The fraction of sp³-hybridized carbons (Fsp3) is 0.364. The van der Waals surface area contributed by atoms with Crippen LogP contribution in [-0.2, 0) is 0 Å². The third-order valence-corrected chi connectivity index (χ3v) is 2.04. The summed E-state index contributed by atoms with van der Waals surface area (Å²) < 4.78 is 12.9. The number of aliphatic hydroxyl groups is 1. The lowest BCUT2D eigenvalue weighted by atomic mass is 10.1. The van der Waals surface area contributed by atoms with Crippen molar-refractivity contribution in [2.24, 2.45) is 0 Å². The van der Waals surface area contributed by atoms with Crippen LogP contribution in [0.2, 0.25) is 0 Å². The largest absolute Gasteiger partial charge is 0.396 e. The number of amides is 1. The van der Waals surface area contributed by atoms with Gasteiger partial charge in [-0.3, -0.25) is 4.79 Å². The molecule has 4 heteroatoms. The summed E-state index contributed by atoms with van der Waals surface area (Å²) in [6, 6.07) is 4.22. The number of hydrogen-bond acceptors (Lipinski definition) is 2. The Labute approximate surface area is 87.9 Å². The lowest BCUT2D eigenvalue weighted by molar-refractivity contribution is 0.0951. The maximum absolute atomic E-state index is 12.9. The molecule has 1 aromatic carbocycles. The monoisotopic (exact) mass is 211 g/mol. The molecule has 0 aliphatic heterocycles. The minimum absolute atomic E-state index is 0.0444. The Bertz CT molecular complexity index is 352. The molecule has 0 spiro atoms. The highest BCUT2D eigenvalue weighted by atomic mass is 19.1. The molecule has 0 fully saturated rings. The molecule has 2 N–H and O–H groups in total. The van der Waals surface area contributed by atoms with Gasteiger partial charge in [-0.25, -0.2) is 4.39 Å². The molecule has 0 unspecified atom stereocenters. The van der Waals surface area contributed by atoms with Gasteiger partial charge in [0.05, 0.1) is 0 Å². The van der Waals surface area contributed by atoms with Gasteiger partial charge in [-0.15, -0.1) is 0 Å². The first-order valence-electron chi connectivity index (χ1n) is 4.80. The topological polar surface area (TPSA) is 49.3 Å². The van der Waals surface area contributed by atoms with Gasteiger partial charge in [0.1, 0.15) is 5.82 Å². The zero-order valence-corrected chi connectivity index (χ0v) is 8.59. The van der Waals surface area contributed by atoms with Gasteiger partial charge in [-0.05, 0) is 37.1 Å². The van der Waals surface area contributed by atoms with Gasteiger partial charge >= 0.3 is 0 Å². The highest BCUT2D eigenvalue weighted by Gasteiger charge is 2.06. The number of halogens is 1. The second kappa shape index (κ2) is 5.46. The number of hydrogen-bond donors (Lipinski definition) is 2. The first-order valence-corrected chi connectivity index (χ1v) is 4.80. The number of benzene rings is 1. The van der Waals surface area contributed by atoms with Crippen LogP contribution < -0.4 is 5.32 Å². The van der Waals surface area contributed by atoms with E-state index in [1.807, 2.05) is 0 Å². The molecule has 0 atom stereocenters. The van der Waals surface area contributed by atoms with Crippen molar-refractivity contribution >= 4 is 5.91 Å². The highest BCUT2D eigenvalue weighted by molar-refractivity contribution is 5.94. The molecular weight excluding hydrogens is 197 g/mol. The van der Waals surface area contributed by atoms with E-state index in [2.05, 4.69) is 5.32 Å². The molecule has 82 valence electrons. The van der Waals surface area contributed by atoms with E-state index in [0.29, 0.717) is 24.1 Å². The lowest BCUT2D eigenvalue weighted by Gasteiger charge is -2.05. The summed E-state index contributed by atoms with van der Waals surface area (Å²) in [5, 5.41) is 11.2. The predicted octanol–water partition coefficient (Wildman–Crippen LogP) is 1.25. The van der Waals surface area contributed by atoms with Crippen LogP contribution in [0.5, 0.6) is 0 Å². The molecular formula is C11H14FNO2. The molecule has 3 nitrogen and oxygen atoms in total. The number of aryl methyl sites for hydroxylation is 1. The van der Waals surface area contributed by atoms with Crippen LogP contribution in [0.15, 0.2) is 18.2 Å². The first-order chi connectivity index (χ1) is 7.15. The average molecular weight is 211 g/mol. The Morgan fingerprint density at radius 3 is 2.87 bits per heavy atom. The summed E-state index contributed by atoms with van der Waals surface area (Å²) in [6.07, 6.45) is 0.520. The lowest BCUT2D eigenvalue weighted by Crippen LogP contribution is -2.25. The minimum atomic E-state index is -0.318. The molecule has 0 saturated carbocycles. The Morgan fingerprint density at radius 1 is 1.53 bits per heavy atom. The summed E-state index contributed by atoms with van der Waals surface area (Å²) in [6.45, 7) is 2.08. The zero-order chi connectivity index (χ0) is 11.3. The Balaban J connectivity index is 2.62. The van der Waals surface area contributed by atoms with Gasteiger partial charge in [0, 0.05) is 18.7 Å². The molecule has 1 rings (SSSR count). The smallest absolute Gasteiger partial charge is 0.251 e. The van der Waals surface area contributed by atoms with Crippen LogP contribution in [-0.4, -0.2) is 24.2 Å². The van der Waals surface area contributed by atoms with E-state index in [1.165, 1.54) is 18.2 Å². The number of aliphatic hydroxyl groups excluding tert-OH is 1. The SMILES string of the molecule is Cc1cc(C(=O)NCCCO)ccc1F. The normalized spacial score (nSPS) is 10.1. The van der Waals surface area contributed by atoms with Crippen LogP contribution in [0.25, 0.3) is 0 Å². The van der Waals surface area contributed by atoms with Crippen molar-refractivity contribution in [2.75, 3.05) is 13.2 Å². The molecule has 0 heterocycles. The van der Waals surface area contributed by atoms with E-state index in [1.54, 1.807) is 6.92 Å². The van der Waals surface area contributed by atoms with E-state index in [4.69, 9.17) is 5.11 Å². The van der Waals surface area contributed by atoms with E-state index >= 15 is 0 Å². The summed E-state index contributed by atoms with van der Waals surface area (Å²) in [4.78, 5) is 11.5. The van der Waals surface area contributed by atoms with Crippen molar-refractivity contribution in [3.05, 3.63) is 35.1 Å². The van der Waals surface area contributed by atoms with Crippen molar-refractivity contribution < 1.29 is 14.3 Å². The van der Waals surface area contributed by atoms with Gasteiger partial charge in [-0.1, -0.05) is 0 Å². The van der Waals surface area contributed by atoms with Gasteiger partial charge in [0.15, 0.2) is 0 Å². The Morgan fingerprint density at radius 2 is 2.27 bits per heavy atom. The van der Waals surface area contributed by atoms with E-state index in [0.717, 1.165) is 0 Å². The van der Waals surface area contributed by atoms with Gasteiger partial charge in [0.25, 0.3) is 5.91 Å². The number of nitrogens with one attached hydrogen (secondary N) is 1. The summed E-state index contributed by atoms with van der Waals surface area (Å²) in [5.74, 6) is -0.562. The standard InChI is InChI=1S/C11H14FNO2/c1-8-7-9(3-4-10(8)12)11(15)13-5-2-6-14/h3-4,7,14H,2,5-6H2,1H3,(H,13,15). The maximum Gasteiger partial charge on any atom is 0.251 e. The van der Waals surface area contributed by atoms with Crippen LogP contribution in [0, 0.1) is 12.7 Å². The molecule has 0 bridgehead atoms. The number of carbonyl (C=O) groups excluding carboxylic acids is 1. The number of rotatable bonds is 4. The van der Waals surface area contributed by atoms with E-state index in [9.17, 15) is 9.18 Å². The minimum Gasteiger partial charge on any atom is -0.396 e. The molecule has 1 amide bonds. The zero-order valence-electron chi connectivity index (χ0n) is 8.59. The average Bonchev–Trinajstić information content (AvgIpc) is 2.22. The molecule has 1 aromatic rings. The maximum atomic E-state index is 12.9. The molecule has 0 radical (unpaired) electrons. The summed E-state index contributed by atoms with van der Waals surface area (Å²) >= 11 is 0. The van der Waals surface area contributed by atoms with Crippen LogP contribution in [0.4, 0.5) is 4.39 Å². The fourth-order valence-corrected chi connectivity index (χ4v) is 1.17. The van der Waals surface area contributed by atoms with Gasteiger partial charge in [0.2, 0.25) is 0 Å².